The van der Waals surface area contributed by atoms with Gasteiger partial charge < -0.3 is 19.1 Å². The first-order valence-electron chi connectivity index (χ1n) is 11.3. The topological polar surface area (TPSA) is 78.0 Å². The summed E-state index contributed by atoms with van der Waals surface area (Å²) in [4.78, 5) is 31.0. The second kappa shape index (κ2) is 12.1. The van der Waals surface area contributed by atoms with Crippen LogP contribution in [0.25, 0.3) is 0 Å². The van der Waals surface area contributed by atoms with Gasteiger partial charge in [0.2, 0.25) is 0 Å². The number of carbonyl (C=O) groups is 2. The molecule has 0 saturated heterocycles. The van der Waals surface area contributed by atoms with Crippen molar-refractivity contribution in [1.29, 1.82) is 0 Å². The Morgan fingerprint density at radius 3 is 2.39 bits per heavy atom. The van der Waals surface area contributed by atoms with Crippen LogP contribution < -0.4 is 0 Å². The molecule has 0 saturated carbocycles. The molecule has 1 amide bonds. The third-order valence-corrected chi connectivity index (χ3v) is 5.92. The van der Waals surface area contributed by atoms with E-state index in [0.717, 1.165) is 5.56 Å². The Balaban J connectivity index is 2.26. The monoisotopic (exact) mass is 476 g/mol. The molecule has 0 spiro atoms. The summed E-state index contributed by atoms with van der Waals surface area (Å²) in [5, 5.41) is 2.37. The largest absolute Gasteiger partial charge is 0.461 e. The molecule has 8 heteroatoms. The van der Waals surface area contributed by atoms with Crippen molar-refractivity contribution in [1.82, 2.24) is 9.88 Å². The summed E-state index contributed by atoms with van der Waals surface area (Å²) in [6.07, 6.45) is -0.277. The van der Waals surface area contributed by atoms with Gasteiger partial charge in [-0.1, -0.05) is 44.2 Å². The molecule has 7 nitrogen and oxygen atoms in total. The number of benzene rings is 1. The Labute approximate surface area is 201 Å². The molecule has 0 aliphatic rings. The van der Waals surface area contributed by atoms with Crippen LogP contribution in [0, 0.1) is 5.92 Å². The summed E-state index contributed by atoms with van der Waals surface area (Å²) >= 11 is 1.36. The maximum absolute atomic E-state index is 12.8. The van der Waals surface area contributed by atoms with Gasteiger partial charge in [0.25, 0.3) is 0 Å². The zero-order valence-electron chi connectivity index (χ0n) is 20.7. The summed E-state index contributed by atoms with van der Waals surface area (Å²) in [7, 11) is 1.75. The first-order chi connectivity index (χ1) is 15.5. The third kappa shape index (κ3) is 8.44. The lowest BCUT2D eigenvalue weighted by Gasteiger charge is -2.34. The van der Waals surface area contributed by atoms with Crippen LogP contribution in [0.15, 0.2) is 35.7 Å². The van der Waals surface area contributed by atoms with Crippen molar-refractivity contribution in [3.8, 4) is 0 Å². The molecule has 0 aliphatic carbocycles. The third-order valence-electron chi connectivity index (χ3n) is 4.98. The molecule has 1 aromatic carbocycles. The highest BCUT2D eigenvalue weighted by Gasteiger charge is 2.31. The van der Waals surface area contributed by atoms with Gasteiger partial charge in [0.1, 0.15) is 16.7 Å². The van der Waals surface area contributed by atoms with Gasteiger partial charge in [-0.3, -0.25) is 0 Å². The second-order valence-electron chi connectivity index (χ2n) is 9.22. The summed E-state index contributed by atoms with van der Waals surface area (Å²) in [5.41, 5.74) is 0.720. The molecule has 0 aliphatic heterocycles. The normalized spacial score (nSPS) is 13.5. The van der Waals surface area contributed by atoms with E-state index in [-0.39, 0.29) is 30.4 Å². The van der Waals surface area contributed by atoms with Crippen LogP contribution in [0.1, 0.15) is 75.1 Å². The van der Waals surface area contributed by atoms with E-state index in [1.165, 1.54) is 11.3 Å². The highest BCUT2D eigenvalue weighted by Crippen LogP contribution is 2.31. The fourth-order valence-electron chi connectivity index (χ4n) is 3.31. The number of rotatable bonds is 10. The Kier molecular flexibility index (Phi) is 9.86. The molecule has 2 atom stereocenters. The van der Waals surface area contributed by atoms with Gasteiger partial charge in [0, 0.05) is 24.9 Å². The average Bonchev–Trinajstić information content (AvgIpc) is 3.23. The molecule has 0 radical (unpaired) electrons. The molecule has 33 heavy (non-hydrogen) atoms. The Morgan fingerprint density at radius 2 is 1.82 bits per heavy atom. The van der Waals surface area contributed by atoms with Gasteiger partial charge in [-0.25, -0.2) is 14.6 Å². The summed E-state index contributed by atoms with van der Waals surface area (Å²) < 4.78 is 17.0. The average molecular weight is 477 g/mol. The van der Waals surface area contributed by atoms with Crippen LogP contribution in [0.2, 0.25) is 0 Å². The van der Waals surface area contributed by atoms with Crippen LogP contribution in [0.4, 0.5) is 4.79 Å². The predicted octanol–water partition coefficient (Wildman–Crippen LogP) is 5.86. The molecule has 182 valence electrons. The van der Waals surface area contributed by atoms with Crippen LogP contribution in [0.5, 0.6) is 0 Å². The number of hydrogen-bond acceptors (Lipinski definition) is 7. The smallest absolute Gasteiger partial charge is 0.410 e. The molecule has 2 unspecified atom stereocenters. The summed E-state index contributed by atoms with van der Waals surface area (Å²) in [6.45, 7) is 12.1. The molecule has 2 aromatic rings. The SMILES string of the molecule is CCOC(=O)c1csc(C(CC(C(C)C)N(C)C(=O)OC(C)(C)C)OCc2ccccc2)n1. The van der Waals surface area contributed by atoms with E-state index in [4.69, 9.17) is 14.2 Å². The number of carbonyl (C=O) groups excluding carboxylic acids is 2. The molecule has 0 fully saturated rings. The summed E-state index contributed by atoms with van der Waals surface area (Å²) in [5.74, 6) is -0.303. The predicted molar refractivity (Wildman–Crippen MR) is 129 cm³/mol. The van der Waals surface area contributed by atoms with Crippen molar-refractivity contribution in [3.05, 3.63) is 52.0 Å². The van der Waals surface area contributed by atoms with E-state index in [1.807, 2.05) is 51.1 Å². The van der Waals surface area contributed by atoms with E-state index < -0.39 is 17.7 Å². The minimum absolute atomic E-state index is 0.148. The highest BCUT2D eigenvalue weighted by atomic mass is 32.1. The van der Waals surface area contributed by atoms with Gasteiger partial charge in [0.15, 0.2) is 5.69 Å². The van der Waals surface area contributed by atoms with E-state index in [0.29, 0.717) is 18.0 Å². The van der Waals surface area contributed by atoms with Crippen LogP contribution >= 0.6 is 11.3 Å². The molecule has 1 aromatic heterocycles. The fraction of sp³-hybridized carbons (Fsp3) is 0.560. The lowest BCUT2D eigenvalue weighted by Crippen LogP contribution is -2.44. The number of esters is 1. The van der Waals surface area contributed by atoms with Gasteiger partial charge in [-0.15, -0.1) is 11.3 Å². The number of hydrogen-bond donors (Lipinski definition) is 0. The zero-order chi connectivity index (χ0) is 24.6. The minimum Gasteiger partial charge on any atom is -0.461 e. The van der Waals surface area contributed by atoms with Gasteiger partial charge in [0.05, 0.1) is 13.2 Å². The summed E-state index contributed by atoms with van der Waals surface area (Å²) in [6, 6.07) is 9.71. The van der Waals surface area contributed by atoms with Crippen LogP contribution in [-0.2, 0) is 20.8 Å². The van der Waals surface area contributed by atoms with Crippen molar-refractivity contribution in [3.63, 3.8) is 0 Å². The molecule has 2 rings (SSSR count). The quantitative estimate of drug-likeness (QED) is 0.400. The van der Waals surface area contributed by atoms with Crippen molar-refractivity contribution in [2.45, 2.75) is 72.3 Å². The van der Waals surface area contributed by atoms with Crippen molar-refractivity contribution in [2.24, 2.45) is 5.92 Å². The van der Waals surface area contributed by atoms with Crippen molar-refractivity contribution < 1.29 is 23.8 Å². The standard InChI is InChI=1S/C25H36N2O5S/c1-8-30-23(28)19-16-33-22(26-19)21(31-15-18-12-10-9-11-13-18)14-20(17(2)3)27(7)24(29)32-25(4,5)6/h9-13,16-17,20-21H,8,14-15H2,1-7H3. The van der Waals surface area contributed by atoms with Crippen molar-refractivity contribution >= 4 is 23.4 Å². The second-order valence-corrected chi connectivity index (χ2v) is 10.1. The van der Waals surface area contributed by atoms with Crippen LogP contribution in [0.3, 0.4) is 0 Å². The molecular weight excluding hydrogens is 440 g/mol. The number of nitrogens with zero attached hydrogens (tertiary/aromatic N) is 2. The van der Waals surface area contributed by atoms with E-state index in [1.54, 1.807) is 24.3 Å². The number of amides is 1. The lowest BCUT2D eigenvalue weighted by molar-refractivity contribution is -0.00827. The highest BCUT2D eigenvalue weighted by molar-refractivity contribution is 7.09. The number of thiazole rings is 1. The first-order valence-corrected chi connectivity index (χ1v) is 12.1. The Bertz CT molecular complexity index is 892. The van der Waals surface area contributed by atoms with E-state index in [2.05, 4.69) is 18.8 Å². The minimum atomic E-state index is -0.583. The number of aromatic nitrogens is 1. The number of ether oxygens (including phenoxy) is 3. The fourth-order valence-corrected chi connectivity index (χ4v) is 4.16. The zero-order valence-corrected chi connectivity index (χ0v) is 21.5. The van der Waals surface area contributed by atoms with Crippen molar-refractivity contribution in [2.75, 3.05) is 13.7 Å². The Morgan fingerprint density at radius 1 is 1.15 bits per heavy atom. The van der Waals surface area contributed by atoms with E-state index >= 15 is 0 Å². The maximum atomic E-state index is 12.8. The maximum Gasteiger partial charge on any atom is 0.410 e. The Hall–Kier alpha value is -2.45. The first kappa shape index (κ1) is 26.8. The molecule has 1 heterocycles. The van der Waals surface area contributed by atoms with Crippen LogP contribution in [-0.4, -0.2) is 47.2 Å². The lowest BCUT2D eigenvalue weighted by atomic mass is 9.96. The van der Waals surface area contributed by atoms with Gasteiger partial charge in [-0.2, -0.15) is 0 Å². The molecule has 0 bridgehead atoms. The van der Waals surface area contributed by atoms with Gasteiger partial charge in [-0.05, 0) is 39.2 Å². The van der Waals surface area contributed by atoms with Gasteiger partial charge >= 0.3 is 12.1 Å². The molecule has 0 N–H and O–H groups in total. The molecular formula is C25H36N2O5S. The van der Waals surface area contributed by atoms with E-state index in [9.17, 15) is 9.59 Å².